The van der Waals surface area contributed by atoms with Crippen molar-refractivity contribution in [2.24, 2.45) is 0 Å². The molecular weight excluding hydrogens is 522 g/mol. The largest absolute Gasteiger partial charge is 0.493 e. The van der Waals surface area contributed by atoms with Crippen LogP contribution in [0.25, 0.3) is 0 Å². The second kappa shape index (κ2) is 14.2. The van der Waals surface area contributed by atoms with Gasteiger partial charge in [-0.2, -0.15) is 0 Å². The molecule has 41 heavy (non-hydrogen) atoms. The first-order valence-electron chi connectivity index (χ1n) is 14.8. The normalized spacial score (nSPS) is 16.3. The van der Waals surface area contributed by atoms with Crippen LogP contribution in [0.15, 0.2) is 36.4 Å². The molecule has 3 amide bonds. The van der Waals surface area contributed by atoms with Gasteiger partial charge in [-0.15, -0.1) is 0 Å². The van der Waals surface area contributed by atoms with Gasteiger partial charge in [-0.3, -0.25) is 0 Å². The molecule has 0 radical (unpaired) electrons. The number of para-hydroxylation sites is 1. The molecule has 1 saturated heterocycles. The van der Waals surface area contributed by atoms with Crippen LogP contribution in [0.4, 0.5) is 15.3 Å². The number of rotatable bonds is 10. The fraction of sp³-hybridized carbons (Fsp3) is 0.531. The molecule has 1 N–H and O–H groups in total. The lowest BCUT2D eigenvalue weighted by Crippen LogP contribution is -2.50. The lowest BCUT2D eigenvalue weighted by molar-refractivity contribution is -0.153. The van der Waals surface area contributed by atoms with Gasteiger partial charge in [0.25, 0.3) is 0 Å². The van der Waals surface area contributed by atoms with Gasteiger partial charge in [0.05, 0.1) is 13.2 Å². The number of hydrogen-bond donors (Lipinski definition) is 1. The van der Waals surface area contributed by atoms with E-state index in [1.165, 1.54) is 0 Å². The van der Waals surface area contributed by atoms with Crippen molar-refractivity contribution < 1.29 is 28.6 Å². The molecule has 222 valence electrons. The topological polar surface area (TPSA) is 97.4 Å². The summed E-state index contributed by atoms with van der Waals surface area (Å²) in [5, 5.41) is 3.02. The molecule has 2 aromatic rings. The third-order valence-electron chi connectivity index (χ3n) is 7.78. The van der Waals surface area contributed by atoms with Crippen LogP contribution in [0.3, 0.4) is 0 Å². The predicted octanol–water partition coefficient (Wildman–Crippen LogP) is 5.65. The number of likely N-dealkylation sites (tertiary alicyclic amines) is 1. The number of piperidine rings is 1. The number of hydrogen-bond acceptors (Lipinski definition) is 6. The van der Waals surface area contributed by atoms with E-state index in [9.17, 15) is 14.4 Å². The third-order valence-corrected chi connectivity index (χ3v) is 7.78. The first kappa shape index (κ1) is 30.2. The van der Waals surface area contributed by atoms with E-state index in [0.29, 0.717) is 39.1 Å². The van der Waals surface area contributed by atoms with Crippen molar-refractivity contribution >= 4 is 23.8 Å². The number of carbonyl (C=O) groups is 3. The number of nitrogens with zero attached hydrogens (tertiary/aromatic N) is 2. The van der Waals surface area contributed by atoms with Crippen LogP contribution in [0.5, 0.6) is 5.75 Å². The molecule has 2 aliphatic heterocycles. The number of nitrogens with one attached hydrogen (secondary N) is 1. The van der Waals surface area contributed by atoms with Crippen molar-refractivity contribution in [3.63, 3.8) is 0 Å². The maximum absolute atomic E-state index is 13.2. The van der Waals surface area contributed by atoms with Gasteiger partial charge < -0.3 is 29.3 Å². The zero-order valence-corrected chi connectivity index (χ0v) is 24.7. The van der Waals surface area contributed by atoms with Crippen LogP contribution in [0, 0.1) is 13.8 Å². The number of aryl methyl sites for hydroxylation is 2. The van der Waals surface area contributed by atoms with Crippen molar-refractivity contribution in [2.45, 2.75) is 78.4 Å². The van der Waals surface area contributed by atoms with E-state index in [1.807, 2.05) is 55.1 Å². The Morgan fingerprint density at radius 3 is 2.44 bits per heavy atom. The maximum atomic E-state index is 13.2. The molecule has 4 rings (SSSR count). The highest BCUT2D eigenvalue weighted by molar-refractivity contribution is 5.91. The second-order valence-electron chi connectivity index (χ2n) is 10.8. The van der Waals surface area contributed by atoms with Gasteiger partial charge in [0.15, 0.2) is 0 Å². The quantitative estimate of drug-likeness (QED) is 0.296. The zero-order valence-electron chi connectivity index (χ0n) is 24.7. The molecule has 9 nitrogen and oxygen atoms in total. The van der Waals surface area contributed by atoms with Crippen LogP contribution in [-0.4, -0.2) is 72.9 Å². The minimum Gasteiger partial charge on any atom is -0.493 e. The summed E-state index contributed by atoms with van der Waals surface area (Å²) in [6, 6.07) is 11.7. The molecule has 0 aromatic heterocycles. The Labute approximate surface area is 243 Å². The van der Waals surface area contributed by atoms with Crippen LogP contribution >= 0.6 is 0 Å². The number of carbonyl (C=O) groups excluding carboxylic acids is 3. The van der Waals surface area contributed by atoms with E-state index in [2.05, 4.69) is 12.2 Å². The highest BCUT2D eigenvalue weighted by Crippen LogP contribution is 2.27. The van der Waals surface area contributed by atoms with Gasteiger partial charge in [0.1, 0.15) is 5.75 Å². The molecule has 1 fully saturated rings. The predicted molar refractivity (Wildman–Crippen MR) is 157 cm³/mol. The summed E-state index contributed by atoms with van der Waals surface area (Å²) in [6.07, 6.45) is 2.72. The highest BCUT2D eigenvalue weighted by Gasteiger charge is 2.34. The summed E-state index contributed by atoms with van der Waals surface area (Å²) < 4.78 is 17.0. The molecule has 1 atom stereocenters. The molecule has 2 heterocycles. The van der Waals surface area contributed by atoms with Gasteiger partial charge in [-0.05, 0) is 74.8 Å². The third kappa shape index (κ3) is 7.71. The second-order valence-corrected chi connectivity index (χ2v) is 10.8. The number of esters is 1. The summed E-state index contributed by atoms with van der Waals surface area (Å²) in [7, 11) is 0. The molecule has 9 heteroatoms. The number of anilines is 1. The molecule has 0 saturated carbocycles. The van der Waals surface area contributed by atoms with Crippen molar-refractivity contribution in [3.05, 3.63) is 58.7 Å². The van der Waals surface area contributed by atoms with E-state index in [4.69, 9.17) is 14.2 Å². The Kier molecular flexibility index (Phi) is 10.5. The van der Waals surface area contributed by atoms with Crippen molar-refractivity contribution in [1.29, 1.82) is 0 Å². The Balaban J connectivity index is 1.36. The average molecular weight is 566 g/mol. The van der Waals surface area contributed by atoms with Crippen molar-refractivity contribution in [1.82, 2.24) is 9.80 Å². The Morgan fingerprint density at radius 2 is 1.76 bits per heavy atom. The number of fused-ring (bicyclic) bond motifs is 1. The van der Waals surface area contributed by atoms with E-state index in [1.54, 1.807) is 11.8 Å². The van der Waals surface area contributed by atoms with Crippen molar-refractivity contribution in [2.75, 3.05) is 38.2 Å². The van der Waals surface area contributed by atoms with E-state index < -0.39 is 18.2 Å². The average Bonchev–Trinajstić information content (AvgIpc) is 3.12. The molecule has 2 aromatic carbocycles. The lowest BCUT2D eigenvalue weighted by Gasteiger charge is -2.37. The number of benzene rings is 2. The minimum absolute atomic E-state index is 0.0261. The molecule has 1 unspecified atom stereocenters. The van der Waals surface area contributed by atoms with Gasteiger partial charge in [0, 0.05) is 37.8 Å². The zero-order chi connectivity index (χ0) is 29.4. The standard InChI is InChI=1S/C32H43N3O6/c1-5-7-18-40-29-22(3)19-24(20-23(29)4)21-28(30(36)39-6-2)41-32(38)34-15-13-26(14-16-34)35-17-12-25-10-8-9-11-27(25)33-31(35)37/h8-11,19-20,26,28H,5-7,12-18,21H2,1-4H3,(H,33,37). The van der Waals surface area contributed by atoms with Crippen LogP contribution in [-0.2, 0) is 27.1 Å². The Bertz CT molecular complexity index is 1200. The van der Waals surface area contributed by atoms with Gasteiger partial charge in [-0.1, -0.05) is 43.7 Å². The first-order chi connectivity index (χ1) is 19.8. The number of ether oxygens (including phenoxy) is 3. The number of amides is 3. The molecule has 0 spiro atoms. The van der Waals surface area contributed by atoms with Gasteiger partial charge in [0.2, 0.25) is 6.10 Å². The van der Waals surface area contributed by atoms with E-state index in [-0.39, 0.29) is 25.1 Å². The highest BCUT2D eigenvalue weighted by atomic mass is 16.6. The minimum atomic E-state index is -1.05. The molecule has 0 aliphatic carbocycles. The SMILES string of the molecule is CCCCOc1c(C)cc(CC(OC(=O)N2CCC(N3CCc4ccccc4NC3=O)CC2)C(=O)OCC)cc1C. The fourth-order valence-electron chi connectivity index (χ4n) is 5.62. The monoisotopic (exact) mass is 565 g/mol. The smallest absolute Gasteiger partial charge is 0.410 e. The van der Waals surface area contributed by atoms with Gasteiger partial charge >= 0.3 is 18.1 Å². The van der Waals surface area contributed by atoms with Crippen LogP contribution in [0.2, 0.25) is 0 Å². The summed E-state index contributed by atoms with van der Waals surface area (Å²) in [5.41, 5.74) is 4.81. The Hall–Kier alpha value is -3.75. The van der Waals surface area contributed by atoms with Gasteiger partial charge in [-0.25, -0.2) is 14.4 Å². The fourth-order valence-corrected chi connectivity index (χ4v) is 5.62. The van der Waals surface area contributed by atoms with Crippen molar-refractivity contribution in [3.8, 4) is 5.75 Å². The van der Waals surface area contributed by atoms with Crippen LogP contribution < -0.4 is 10.1 Å². The number of unbranched alkanes of at least 4 members (excludes halogenated alkanes) is 1. The molecular formula is C32H43N3O6. The summed E-state index contributed by atoms with van der Waals surface area (Å²) in [4.78, 5) is 42.4. The summed E-state index contributed by atoms with van der Waals surface area (Å²) in [6.45, 7) is 10.2. The van der Waals surface area contributed by atoms with Crippen LogP contribution in [0.1, 0.15) is 61.8 Å². The van der Waals surface area contributed by atoms with E-state index in [0.717, 1.165) is 53.0 Å². The Morgan fingerprint density at radius 1 is 1.05 bits per heavy atom. The summed E-state index contributed by atoms with van der Waals surface area (Å²) in [5.74, 6) is 0.298. The number of urea groups is 1. The first-order valence-corrected chi connectivity index (χ1v) is 14.8. The molecule has 0 bridgehead atoms. The molecule has 2 aliphatic rings. The van der Waals surface area contributed by atoms with E-state index >= 15 is 0 Å². The summed E-state index contributed by atoms with van der Waals surface area (Å²) >= 11 is 0. The maximum Gasteiger partial charge on any atom is 0.410 e. The lowest BCUT2D eigenvalue weighted by atomic mass is 10.0.